The average molecular weight is 339 g/mol. The minimum atomic E-state index is 0. The number of unbranched alkanes of at least 4 members (excludes halogenated alkanes) is 3. The van der Waals surface area contributed by atoms with Gasteiger partial charge in [0.05, 0.1) is 6.04 Å². The van der Waals surface area contributed by atoms with Crippen LogP contribution in [0.2, 0.25) is 0 Å². The number of rotatable bonds is 7. The Morgan fingerprint density at radius 2 is 2.04 bits per heavy atom. The first-order valence-corrected chi connectivity index (χ1v) is 8.74. The highest BCUT2D eigenvalue weighted by molar-refractivity contribution is 5.95. The van der Waals surface area contributed by atoms with E-state index in [1.54, 1.807) is 0 Å². The molecule has 1 N–H and O–H groups in total. The molecule has 1 atom stereocenters. The summed E-state index contributed by atoms with van der Waals surface area (Å²) in [6.07, 6.45) is 7.17. The lowest BCUT2D eigenvalue weighted by atomic mass is 10.1. The zero-order chi connectivity index (χ0) is 15.9. The Bertz CT molecular complexity index is 504. The van der Waals surface area contributed by atoms with Gasteiger partial charge in [0, 0.05) is 5.69 Å². The summed E-state index contributed by atoms with van der Waals surface area (Å²) in [6, 6.07) is 6.25. The summed E-state index contributed by atoms with van der Waals surface area (Å²) < 4.78 is 0. The molecule has 1 heterocycles. The number of hydrogen-bond donors (Lipinski definition) is 1. The number of likely N-dealkylation sites (tertiary alicyclic amines) is 1. The molecule has 3 nitrogen and oxygen atoms in total. The first-order valence-electron chi connectivity index (χ1n) is 8.74. The van der Waals surface area contributed by atoms with Gasteiger partial charge in [-0.05, 0) is 57.8 Å². The van der Waals surface area contributed by atoms with Gasteiger partial charge in [-0.1, -0.05) is 43.9 Å². The molecule has 0 bridgehead atoms. The highest BCUT2D eigenvalue weighted by Gasteiger charge is 2.30. The summed E-state index contributed by atoms with van der Waals surface area (Å²) in [4.78, 5) is 15.0. The molecular weight excluding hydrogens is 308 g/mol. The van der Waals surface area contributed by atoms with Crippen LogP contribution in [0.5, 0.6) is 0 Å². The highest BCUT2D eigenvalue weighted by Crippen LogP contribution is 2.22. The van der Waals surface area contributed by atoms with E-state index < -0.39 is 0 Å². The Kier molecular flexibility index (Phi) is 8.64. The van der Waals surface area contributed by atoms with Crippen LogP contribution in [0.4, 0.5) is 5.69 Å². The molecule has 1 unspecified atom stereocenters. The van der Waals surface area contributed by atoms with E-state index in [4.69, 9.17) is 0 Å². The second-order valence-corrected chi connectivity index (χ2v) is 6.56. The standard InChI is InChI=1S/C19H30N2O.ClH/c1-4-5-6-7-12-21-13-8-9-18(21)19(22)20-17-11-10-15(2)14-16(17)3;/h10-11,14,18H,4-9,12-13H2,1-3H3,(H,20,22);1H. The zero-order valence-corrected chi connectivity index (χ0v) is 15.5. The number of carbonyl (C=O) groups is 1. The molecule has 1 amide bonds. The van der Waals surface area contributed by atoms with Crippen molar-refractivity contribution in [1.82, 2.24) is 4.90 Å². The molecule has 4 heteroatoms. The van der Waals surface area contributed by atoms with Crippen LogP contribution in [0.15, 0.2) is 18.2 Å². The van der Waals surface area contributed by atoms with E-state index in [2.05, 4.69) is 43.1 Å². The molecule has 23 heavy (non-hydrogen) atoms. The summed E-state index contributed by atoms with van der Waals surface area (Å²) in [7, 11) is 0. The number of nitrogens with one attached hydrogen (secondary N) is 1. The molecule has 0 aliphatic carbocycles. The third-order valence-electron chi connectivity index (χ3n) is 4.60. The lowest BCUT2D eigenvalue weighted by molar-refractivity contribution is -0.120. The van der Waals surface area contributed by atoms with E-state index in [0.29, 0.717) is 0 Å². The van der Waals surface area contributed by atoms with Gasteiger partial charge in [-0.15, -0.1) is 12.4 Å². The predicted octanol–water partition coefficient (Wildman–Crippen LogP) is 4.71. The second kappa shape index (κ2) is 9.94. The van der Waals surface area contributed by atoms with Gasteiger partial charge in [-0.3, -0.25) is 9.69 Å². The monoisotopic (exact) mass is 338 g/mol. The number of carbonyl (C=O) groups excluding carboxylic acids is 1. The molecule has 0 aromatic heterocycles. The fourth-order valence-electron chi connectivity index (χ4n) is 3.30. The van der Waals surface area contributed by atoms with Gasteiger partial charge in [-0.25, -0.2) is 0 Å². The molecule has 1 aliphatic rings. The number of halogens is 1. The Morgan fingerprint density at radius 3 is 2.74 bits per heavy atom. The van der Waals surface area contributed by atoms with E-state index in [0.717, 1.165) is 37.2 Å². The molecule has 1 aliphatic heterocycles. The van der Waals surface area contributed by atoms with Crippen LogP contribution in [-0.2, 0) is 4.79 Å². The van der Waals surface area contributed by atoms with Crippen LogP contribution < -0.4 is 5.32 Å². The molecule has 0 spiro atoms. The van der Waals surface area contributed by atoms with Crippen molar-refractivity contribution in [2.24, 2.45) is 0 Å². The third-order valence-corrected chi connectivity index (χ3v) is 4.60. The van der Waals surface area contributed by atoms with Gasteiger partial charge in [-0.2, -0.15) is 0 Å². The SMILES string of the molecule is CCCCCCN1CCCC1C(=O)Nc1ccc(C)cc1C.Cl. The summed E-state index contributed by atoms with van der Waals surface area (Å²) in [6.45, 7) is 8.49. The molecule has 0 radical (unpaired) electrons. The van der Waals surface area contributed by atoms with E-state index in [9.17, 15) is 4.79 Å². The van der Waals surface area contributed by atoms with Crippen LogP contribution in [0, 0.1) is 13.8 Å². The molecule has 2 rings (SSSR count). The number of hydrogen-bond acceptors (Lipinski definition) is 2. The Morgan fingerprint density at radius 1 is 1.26 bits per heavy atom. The van der Waals surface area contributed by atoms with Gasteiger partial charge in [0.1, 0.15) is 0 Å². The van der Waals surface area contributed by atoms with Gasteiger partial charge < -0.3 is 5.32 Å². The molecule has 1 aromatic rings. The van der Waals surface area contributed by atoms with Crippen molar-refractivity contribution in [3.8, 4) is 0 Å². The number of nitrogens with zero attached hydrogens (tertiary/aromatic N) is 1. The van der Waals surface area contributed by atoms with E-state index in [1.165, 1.54) is 31.2 Å². The van der Waals surface area contributed by atoms with Crippen molar-refractivity contribution in [3.63, 3.8) is 0 Å². The molecule has 1 aromatic carbocycles. The van der Waals surface area contributed by atoms with Crippen molar-refractivity contribution < 1.29 is 4.79 Å². The Labute approximate surface area is 147 Å². The lowest BCUT2D eigenvalue weighted by Gasteiger charge is -2.24. The molecule has 130 valence electrons. The smallest absolute Gasteiger partial charge is 0.241 e. The Balaban J connectivity index is 0.00000264. The topological polar surface area (TPSA) is 32.3 Å². The predicted molar refractivity (Wildman–Crippen MR) is 101 cm³/mol. The highest BCUT2D eigenvalue weighted by atomic mass is 35.5. The Hall–Kier alpha value is -1.06. The minimum absolute atomic E-state index is 0. The second-order valence-electron chi connectivity index (χ2n) is 6.56. The van der Waals surface area contributed by atoms with Crippen molar-refractivity contribution in [3.05, 3.63) is 29.3 Å². The van der Waals surface area contributed by atoms with Crippen molar-refractivity contribution in [1.29, 1.82) is 0 Å². The summed E-state index contributed by atoms with van der Waals surface area (Å²) >= 11 is 0. The molecular formula is C19H31ClN2O. The van der Waals surface area contributed by atoms with Gasteiger partial charge in [0.25, 0.3) is 0 Å². The van der Waals surface area contributed by atoms with E-state index in [1.807, 2.05) is 6.07 Å². The van der Waals surface area contributed by atoms with Gasteiger partial charge in [0.15, 0.2) is 0 Å². The van der Waals surface area contributed by atoms with Crippen LogP contribution in [0.3, 0.4) is 0 Å². The maximum atomic E-state index is 12.6. The summed E-state index contributed by atoms with van der Waals surface area (Å²) in [5.41, 5.74) is 3.32. The average Bonchev–Trinajstić information content (AvgIpc) is 2.95. The number of aryl methyl sites for hydroxylation is 2. The molecule has 1 saturated heterocycles. The number of amides is 1. The van der Waals surface area contributed by atoms with Crippen molar-refractivity contribution >= 4 is 24.0 Å². The fourth-order valence-corrected chi connectivity index (χ4v) is 3.30. The largest absolute Gasteiger partial charge is 0.324 e. The van der Waals surface area contributed by atoms with Crippen molar-refractivity contribution in [2.45, 2.75) is 65.3 Å². The van der Waals surface area contributed by atoms with Crippen LogP contribution in [-0.4, -0.2) is 29.9 Å². The zero-order valence-electron chi connectivity index (χ0n) is 14.7. The van der Waals surface area contributed by atoms with Crippen LogP contribution in [0.25, 0.3) is 0 Å². The van der Waals surface area contributed by atoms with Crippen LogP contribution >= 0.6 is 12.4 Å². The van der Waals surface area contributed by atoms with Gasteiger partial charge >= 0.3 is 0 Å². The van der Waals surface area contributed by atoms with E-state index >= 15 is 0 Å². The number of anilines is 1. The van der Waals surface area contributed by atoms with E-state index in [-0.39, 0.29) is 24.4 Å². The normalized spacial score (nSPS) is 17.8. The van der Waals surface area contributed by atoms with Crippen LogP contribution in [0.1, 0.15) is 56.6 Å². The number of benzene rings is 1. The first kappa shape index (κ1) is 20.0. The first-order chi connectivity index (χ1) is 10.6. The summed E-state index contributed by atoms with van der Waals surface area (Å²) in [5, 5.41) is 3.13. The molecule has 0 saturated carbocycles. The lowest BCUT2D eigenvalue weighted by Crippen LogP contribution is -2.40. The minimum Gasteiger partial charge on any atom is -0.324 e. The van der Waals surface area contributed by atoms with Gasteiger partial charge in [0.2, 0.25) is 5.91 Å². The summed E-state index contributed by atoms with van der Waals surface area (Å²) in [5.74, 6) is 0.167. The maximum Gasteiger partial charge on any atom is 0.241 e. The molecule has 1 fully saturated rings. The van der Waals surface area contributed by atoms with Crippen molar-refractivity contribution in [2.75, 3.05) is 18.4 Å². The quantitative estimate of drug-likeness (QED) is 0.730. The fraction of sp³-hybridized carbons (Fsp3) is 0.632. The third kappa shape index (κ3) is 5.82. The maximum absolute atomic E-state index is 12.6.